The number of carbonyl (C=O) groups excluding carboxylic acids is 2. The van der Waals surface area contributed by atoms with Crippen LogP contribution in [0.1, 0.15) is 25.3 Å². The maximum atomic E-state index is 13.6. The van der Waals surface area contributed by atoms with E-state index >= 15 is 0 Å². The van der Waals surface area contributed by atoms with E-state index in [1.165, 1.54) is 22.8 Å². The number of ether oxygens (including phenoxy) is 1. The summed E-state index contributed by atoms with van der Waals surface area (Å²) in [6.45, 7) is 1.72. The Kier molecular flexibility index (Phi) is 7.92. The second-order valence-corrected chi connectivity index (χ2v) is 10.3. The third-order valence-corrected chi connectivity index (χ3v) is 7.26. The van der Waals surface area contributed by atoms with Gasteiger partial charge in [-0.3, -0.25) is 9.59 Å². The summed E-state index contributed by atoms with van der Waals surface area (Å²) < 4.78 is 45.2. The molecule has 1 aromatic heterocycles. The number of nitrogens with zero attached hydrogens (tertiary/aromatic N) is 2. The van der Waals surface area contributed by atoms with Gasteiger partial charge in [0, 0.05) is 6.42 Å². The number of rotatable bonds is 9. The summed E-state index contributed by atoms with van der Waals surface area (Å²) >= 11 is 1.08. The molecule has 0 saturated heterocycles. The molecule has 32 heavy (non-hydrogen) atoms. The number of halogens is 1. The molecule has 0 atom stereocenters. The SMILES string of the molecule is CCOC(=O)Cn1c(=NC(=O)CCCS(=O)(=O)Cc2ccccc2)sc2cc(F)ccc21. The molecule has 2 aromatic carbocycles. The van der Waals surface area contributed by atoms with Crippen molar-refractivity contribution < 1.29 is 27.1 Å². The zero-order valence-electron chi connectivity index (χ0n) is 17.5. The fraction of sp³-hybridized carbons (Fsp3) is 0.318. The number of esters is 1. The molecule has 0 aliphatic rings. The lowest BCUT2D eigenvalue weighted by molar-refractivity contribution is -0.143. The minimum atomic E-state index is -3.36. The van der Waals surface area contributed by atoms with Crippen molar-refractivity contribution in [2.75, 3.05) is 12.4 Å². The Labute approximate surface area is 189 Å². The number of amides is 1. The summed E-state index contributed by atoms with van der Waals surface area (Å²) in [5, 5.41) is 0. The summed E-state index contributed by atoms with van der Waals surface area (Å²) in [6.07, 6.45) is 0.0743. The van der Waals surface area contributed by atoms with Crippen molar-refractivity contribution in [1.29, 1.82) is 0 Å². The molecule has 0 aliphatic carbocycles. The smallest absolute Gasteiger partial charge is 0.326 e. The van der Waals surface area contributed by atoms with Gasteiger partial charge >= 0.3 is 5.97 Å². The zero-order chi connectivity index (χ0) is 23.1. The standard InChI is InChI=1S/C22H23FN2O5S2/c1-2-30-21(27)14-25-18-11-10-17(23)13-19(18)31-22(25)24-20(26)9-6-12-32(28,29)15-16-7-4-3-5-8-16/h3-5,7-8,10-11,13H,2,6,9,12,14-15H2,1H3. The van der Waals surface area contributed by atoms with Crippen LogP contribution >= 0.6 is 11.3 Å². The highest BCUT2D eigenvalue weighted by molar-refractivity contribution is 7.90. The number of hydrogen-bond donors (Lipinski definition) is 0. The van der Waals surface area contributed by atoms with Crippen molar-refractivity contribution in [2.24, 2.45) is 4.99 Å². The summed E-state index contributed by atoms with van der Waals surface area (Å²) in [6, 6.07) is 12.9. The third kappa shape index (κ3) is 6.57. The molecule has 0 fully saturated rings. The van der Waals surface area contributed by atoms with Crippen molar-refractivity contribution in [3.05, 3.63) is 64.7 Å². The molecule has 1 amide bonds. The number of thiazole rings is 1. The van der Waals surface area contributed by atoms with Crippen LogP contribution in [0.5, 0.6) is 0 Å². The first kappa shape index (κ1) is 23.8. The first-order chi connectivity index (χ1) is 15.3. The molecule has 0 N–H and O–H groups in total. The normalized spacial score (nSPS) is 12.2. The molecule has 3 aromatic rings. The van der Waals surface area contributed by atoms with Gasteiger partial charge in [0.05, 0.1) is 28.3 Å². The molecule has 0 aliphatic heterocycles. The van der Waals surface area contributed by atoms with Crippen LogP contribution in [0.4, 0.5) is 4.39 Å². The molecular formula is C22H23FN2O5S2. The van der Waals surface area contributed by atoms with Crippen LogP contribution in [0, 0.1) is 5.82 Å². The van der Waals surface area contributed by atoms with Gasteiger partial charge in [-0.1, -0.05) is 41.7 Å². The highest BCUT2D eigenvalue weighted by atomic mass is 32.2. The lowest BCUT2D eigenvalue weighted by atomic mass is 10.2. The Balaban J connectivity index is 1.73. The van der Waals surface area contributed by atoms with Crippen LogP contribution in [0.2, 0.25) is 0 Å². The van der Waals surface area contributed by atoms with Gasteiger partial charge in [-0.2, -0.15) is 4.99 Å². The van der Waals surface area contributed by atoms with E-state index in [0.29, 0.717) is 15.8 Å². The first-order valence-electron chi connectivity index (χ1n) is 10.0. The van der Waals surface area contributed by atoms with Crippen LogP contribution in [-0.4, -0.2) is 37.2 Å². The number of fused-ring (bicyclic) bond motifs is 1. The Hall–Kier alpha value is -2.85. The van der Waals surface area contributed by atoms with Crippen molar-refractivity contribution >= 4 is 43.3 Å². The van der Waals surface area contributed by atoms with E-state index in [1.807, 2.05) is 6.07 Å². The Morgan fingerprint density at radius 1 is 1.16 bits per heavy atom. The largest absolute Gasteiger partial charge is 0.465 e. The van der Waals surface area contributed by atoms with Gasteiger partial charge in [-0.25, -0.2) is 12.8 Å². The predicted octanol–water partition coefficient (Wildman–Crippen LogP) is 3.23. The van der Waals surface area contributed by atoms with Gasteiger partial charge in [0.25, 0.3) is 0 Å². The van der Waals surface area contributed by atoms with Gasteiger partial charge in [0.1, 0.15) is 12.4 Å². The van der Waals surface area contributed by atoms with E-state index in [4.69, 9.17) is 4.74 Å². The highest BCUT2D eigenvalue weighted by Gasteiger charge is 2.15. The number of sulfone groups is 1. The van der Waals surface area contributed by atoms with E-state index < -0.39 is 27.5 Å². The Morgan fingerprint density at radius 3 is 2.62 bits per heavy atom. The molecule has 0 bridgehead atoms. The van der Waals surface area contributed by atoms with E-state index in [-0.39, 0.29) is 42.3 Å². The third-order valence-electron chi connectivity index (χ3n) is 4.53. The summed E-state index contributed by atoms with van der Waals surface area (Å²) in [5.41, 5.74) is 1.25. The molecule has 10 heteroatoms. The first-order valence-corrected chi connectivity index (χ1v) is 12.7. The molecule has 170 valence electrons. The quantitative estimate of drug-likeness (QED) is 0.440. The molecule has 7 nitrogen and oxygen atoms in total. The zero-order valence-corrected chi connectivity index (χ0v) is 19.1. The van der Waals surface area contributed by atoms with Crippen LogP contribution in [0.25, 0.3) is 10.2 Å². The Bertz CT molecular complexity index is 1280. The van der Waals surface area contributed by atoms with Crippen molar-refractivity contribution in [1.82, 2.24) is 4.57 Å². The maximum Gasteiger partial charge on any atom is 0.326 e. The van der Waals surface area contributed by atoms with Crippen LogP contribution in [0.3, 0.4) is 0 Å². The van der Waals surface area contributed by atoms with Crippen molar-refractivity contribution in [3.63, 3.8) is 0 Å². The van der Waals surface area contributed by atoms with Crippen LogP contribution in [-0.2, 0) is 36.5 Å². The van der Waals surface area contributed by atoms with Crippen molar-refractivity contribution in [3.8, 4) is 0 Å². The molecule has 0 saturated carbocycles. The molecule has 1 heterocycles. The average Bonchev–Trinajstić information content (AvgIpc) is 3.04. The second kappa shape index (κ2) is 10.6. The monoisotopic (exact) mass is 478 g/mol. The summed E-state index contributed by atoms with van der Waals surface area (Å²) in [5.74, 6) is -1.67. The number of benzene rings is 2. The highest BCUT2D eigenvalue weighted by Crippen LogP contribution is 2.19. The number of hydrogen-bond acceptors (Lipinski definition) is 6. The van der Waals surface area contributed by atoms with Crippen molar-refractivity contribution in [2.45, 2.75) is 32.1 Å². The van der Waals surface area contributed by atoms with E-state index in [2.05, 4.69) is 4.99 Å². The van der Waals surface area contributed by atoms with E-state index in [1.54, 1.807) is 31.2 Å². The maximum absolute atomic E-state index is 13.6. The van der Waals surface area contributed by atoms with E-state index in [9.17, 15) is 22.4 Å². The minimum Gasteiger partial charge on any atom is -0.465 e. The summed E-state index contributed by atoms with van der Waals surface area (Å²) in [4.78, 5) is 28.7. The predicted molar refractivity (Wildman–Crippen MR) is 120 cm³/mol. The molecule has 0 unspecified atom stereocenters. The lowest BCUT2D eigenvalue weighted by Crippen LogP contribution is -2.23. The number of carbonyl (C=O) groups is 2. The van der Waals surface area contributed by atoms with Crippen LogP contribution < -0.4 is 4.80 Å². The van der Waals surface area contributed by atoms with E-state index in [0.717, 1.165) is 11.3 Å². The number of aromatic nitrogens is 1. The molecule has 0 radical (unpaired) electrons. The molecule has 0 spiro atoms. The van der Waals surface area contributed by atoms with Gasteiger partial charge in [-0.05, 0) is 37.1 Å². The van der Waals surface area contributed by atoms with Gasteiger partial charge in [0.2, 0.25) is 5.91 Å². The fourth-order valence-electron chi connectivity index (χ4n) is 3.13. The molecule has 3 rings (SSSR count). The van der Waals surface area contributed by atoms with Gasteiger partial charge < -0.3 is 9.30 Å². The topological polar surface area (TPSA) is 94.8 Å². The van der Waals surface area contributed by atoms with Gasteiger partial charge in [-0.15, -0.1) is 0 Å². The average molecular weight is 479 g/mol. The fourth-order valence-corrected chi connectivity index (χ4v) is 5.63. The molecular weight excluding hydrogens is 455 g/mol. The lowest BCUT2D eigenvalue weighted by Gasteiger charge is -2.05. The Morgan fingerprint density at radius 2 is 1.91 bits per heavy atom. The minimum absolute atomic E-state index is 0.0595. The summed E-state index contributed by atoms with van der Waals surface area (Å²) in [7, 11) is -3.36. The van der Waals surface area contributed by atoms with Gasteiger partial charge in [0.15, 0.2) is 14.6 Å². The van der Waals surface area contributed by atoms with Crippen LogP contribution in [0.15, 0.2) is 53.5 Å². The second-order valence-electron chi connectivity index (χ2n) is 7.07.